The third-order valence-electron chi connectivity index (χ3n) is 7.30. The maximum atomic E-state index is 14.1. The van der Waals surface area contributed by atoms with Crippen LogP contribution >= 0.6 is 0 Å². The summed E-state index contributed by atoms with van der Waals surface area (Å²) in [5.41, 5.74) is 4.28. The minimum atomic E-state index is -0.494. The molecule has 3 aliphatic rings. The molecule has 7 nitrogen and oxygen atoms in total. The first-order valence-electron chi connectivity index (χ1n) is 11.4. The number of rotatable bonds is 3. The Balaban J connectivity index is 1.18. The fourth-order valence-corrected chi connectivity index (χ4v) is 5.29. The number of nitrogens with zero attached hydrogens (tertiary/aromatic N) is 2. The van der Waals surface area contributed by atoms with Gasteiger partial charge in [-0.05, 0) is 49.6 Å². The van der Waals surface area contributed by atoms with E-state index in [1.54, 1.807) is 11.0 Å². The first-order valence-corrected chi connectivity index (χ1v) is 11.4. The predicted molar refractivity (Wildman–Crippen MR) is 125 cm³/mol. The van der Waals surface area contributed by atoms with Gasteiger partial charge in [-0.1, -0.05) is 12.1 Å². The van der Waals surface area contributed by atoms with Crippen LogP contribution in [0.1, 0.15) is 24.0 Å². The highest BCUT2D eigenvalue weighted by molar-refractivity contribution is 5.98. The standard InChI is InChI=1S/C25H29FN4O3/c1-16-6-7-20(26)19-13-21(28-22(16)19)23(31)27-17-4-3-5-18(12-17)30-14-25(15-30)8-10-29(11-9-25)24(32)33-2/h3-7,12,21,28H,8-11,13-15H2,1-2H3,(H,27,31). The summed E-state index contributed by atoms with van der Waals surface area (Å²) in [5.74, 6) is -0.443. The van der Waals surface area contributed by atoms with Crippen LogP contribution < -0.4 is 15.5 Å². The second-order valence-electron chi connectivity index (χ2n) is 9.47. The van der Waals surface area contributed by atoms with Gasteiger partial charge in [-0.15, -0.1) is 0 Å². The second-order valence-corrected chi connectivity index (χ2v) is 9.47. The monoisotopic (exact) mass is 452 g/mol. The number of carbonyl (C=O) groups is 2. The molecule has 2 amide bonds. The van der Waals surface area contributed by atoms with E-state index in [0.717, 1.165) is 61.6 Å². The smallest absolute Gasteiger partial charge is 0.409 e. The minimum absolute atomic E-state index is 0.169. The fraction of sp³-hybridized carbons (Fsp3) is 0.440. The number of aryl methyl sites for hydroxylation is 1. The minimum Gasteiger partial charge on any atom is -0.453 e. The maximum absolute atomic E-state index is 14.1. The molecule has 0 bridgehead atoms. The number of anilines is 3. The molecular weight excluding hydrogens is 423 g/mol. The lowest BCUT2D eigenvalue weighted by atomic mass is 9.72. The van der Waals surface area contributed by atoms with Gasteiger partial charge in [0.2, 0.25) is 5.91 Å². The van der Waals surface area contributed by atoms with Crippen LogP contribution in [0.25, 0.3) is 0 Å². The average molecular weight is 453 g/mol. The molecular formula is C25H29FN4O3. The van der Waals surface area contributed by atoms with Gasteiger partial charge in [0.1, 0.15) is 11.9 Å². The van der Waals surface area contributed by atoms with Crippen molar-refractivity contribution in [2.75, 3.05) is 48.8 Å². The third kappa shape index (κ3) is 3.98. The predicted octanol–water partition coefficient (Wildman–Crippen LogP) is 3.78. The molecule has 1 atom stereocenters. The summed E-state index contributed by atoms with van der Waals surface area (Å²) in [6.45, 7) is 5.25. The quantitative estimate of drug-likeness (QED) is 0.742. The SMILES string of the molecule is COC(=O)N1CCC2(CC1)CN(c1cccc(NC(=O)C3Cc4c(F)ccc(C)c4N3)c1)C2. The lowest BCUT2D eigenvalue weighted by molar-refractivity contribution is -0.116. The molecule has 0 radical (unpaired) electrons. The molecule has 2 aromatic carbocycles. The highest BCUT2D eigenvalue weighted by Gasteiger charge is 2.45. The third-order valence-corrected chi connectivity index (χ3v) is 7.30. The topological polar surface area (TPSA) is 73.9 Å². The Labute approximate surface area is 192 Å². The number of piperidine rings is 1. The molecule has 174 valence electrons. The summed E-state index contributed by atoms with van der Waals surface area (Å²) in [5, 5.41) is 6.17. The van der Waals surface area contributed by atoms with Crippen molar-refractivity contribution in [3.63, 3.8) is 0 Å². The molecule has 3 aliphatic heterocycles. The molecule has 2 N–H and O–H groups in total. The molecule has 3 heterocycles. The van der Waals surface area contributed by atoms with Gasteiger partial charge < -0.3 is 25.2 Å². The highest BCUT2D eigenvalue weighted by atomic mass is 19.1. The van der Waals surface area contributed by atoms with Crippen molar-refractivity contribution >= 4 is 29.1 Å². The first-order chi connectivity index (χ1) is 15.9. The van der Waals surface area contributed by atoms with Gasteiger partial charge >= 0.3 is 6.09 Å². The van der Waals surface area contributed by atoms with E-state index in [9.17, 15) is 14.0 Å². The van der Waals surface area contributed by atoms with Gasteiger partial charge in [-0.3, -0.25) is 4.79 Å². The van der Waals surface area contributed by atoms with Gasteiger partial charge in [0, 0.05) is 60.6 Å². The van der Waals surface area contributed by atoms with Crippen LogP contribution in [0.4, 0.5) is 26.2 Å². The summed E-state index contributed by atoms with van der Waals surface area (Å²) < 4.78 is 19.0. The molecule has 2 aromatic rings. The number of carbonyl (C=O) groups excluding carboxylic acids is 2. The Morgan fingerprint density at radius 2 is 1.94 bits per heavy atom. The summed E-state index contributed by atoms with van der Waals surface area (Å²) in [7, 11) is 1.42. The van der Waals surface area contributed by atoms with E-state index >= 15 is 0 Å². The van der Waals surface area contributed by atoms with Crippen molar-refractivity contribution in [3.8, 4) is 0 Å². The van der Waals surface area contributed by atoms with Crippen LogP contribution in [-0.2, 0) is 16.0 Å². The van der Waals surface area contributed by atoms with Crippen LogP contribution in [0.3, 0.4) is 0 Å². The Kier molecular flexibility index (Phi) is 5.38. The Hall–Kier alpha value is -3.29. The van der Waals surface area contributed by atoms with E-state index < -0.39 is 6.04 Å². The van der Waals surface area contributed by atoms with Crippen molar-refractivity contribution in [1.29, 1.82) is 0 Å². The van der Waals surface area contributed by atoms with Crippen molar-refractivity contribution in [2.45, 2.75) is 32.2 Å². The number of halogens is 1. The molecule has 1 unspecified atom stereocenters. The van der Waals surface area contributed by atoms with Crippen molar-refractivity contribution in [2.24, 2.45) is 5.41 Å². The molecule has 5 rings (SSSR count). The number of hydrogen-bond donors (Lipinski definition) is 2. The van der Waals surface area contributed by atoms with E-state index in [-0.39, 0.29) is 23.2 Å². The normalized spacial score (nSPS) is 20.6. The Morgan fingerprint density at radius 1 is 1.18 bits per heavy atom. The number of ether oxygens (including phenoxy) is 1. The molecule has 0 saturated carbocycles. The highest BCUT2D eigenvalue weighted by Crippen LogP contribution is 2.43. The molecule has 2 saturated heterocycles. The number of methoxy groups -OCH3 is 1. The number of amides is 2. The number of nitrogens with one attached hydrogen (secondary N) is 2. The van der Waals surface area contributed by atoms with E-state index in [1.165, 1.54) is 13.2 Å². The fourth-order valence-electron chi connectivity index (χ4n) is 5.29. The van der Waals surface area contributed by atoms with Gasteiger partial charge in [-0.2, -0.15) is 0 Å². The van der Waals surface area contributed by atoms with E-state index in [4.69, 9.17) is 4.74 Å². The van der Waals surface area contributed by atoms with E-state index in [0.29, 0.717) is 12.0 Å². The van der Waals surface area contributed by atoms with Crippen molar-refractivity contribution in [1.82, 2.24) is 4.90 Å². The largest absolute Gasteiger partial charge is 0.453 e. The lowest BCUT2D eigenvalue weighted by Crippen LogP contribution is -2.61. The zero-order valence-corrected chi connectivity index (χ0v) is 19.0. The van der Waals surface area contributed by atoms with Crippen LogP contribution in [0, 0.1) is 18.2 Å². The Bertz CT molecular complexity index is 1060. The number of benzene rings is 2. The molecule has 8 heteroatoms. The van der Waals surface area contributed by atoms with Gasteiger partial charge in [-0.25, -0.2) is 9.18 Å². The van der Waals surface area contributed by atoms with Crippen LogP contribution in [0.5, 0.6) is 0 Å². The van der Waals surface area contributed by atoms with E-state index in [1.807, 2.05) is 25.1 Å². The van der Waals surface area contributed by atoms with Gasteiger partial charge in [0.05, 0.1) is 7.11 Å². The molecule has 2 fully saturated rings. The van der Waals surface area contributed by atoms with Gasteiger partial charge in [0.25, 0.3) is 0 Å². The molecule has 1 spiro atoms. The van der Waals surface area contributed by atoms with E-state index in [2.05, 4.69) is 21.6 Å². The molecule has 0 aromatic heterocycles. The van der Waals surface area contributed by atoms with Crippen molar-refractivity contribution < 1.29 is 18.7 Å². The zero-order valence-electron chi connectivity index (χ0n) is 19.0. The zero-order chi connectivity index (χ0) is 23.2. The average Bonchev–Trinajstić information content (AvgIpc) is 3.27. The van der Waals surface area contributed by atoms with Crippen molar-refractivity contribution in [3.05, 3.63) is 53.3 Å². The first kappa shape index (κ1) is 21.6. The summed E-state index contributed by atoms with van der Waals surface area (Å²) in [6.07, 6.45) is 2.03. The number of fused-ring (bicyclic) bond motifs is 1. The van der Waals surface area contributed by atoms with Crippen LogP contribution in [-0.4, -0.2) is 56.2 Å². The maximum Gasteiger partial charge on any atom is 0.409 e. The van der Waals surface area contributed by atoms with Crippen LogP contribution in [0.2, 0.25) is 0 Å². The summed E-state index contributed by atoms with van der Waals surface area (Å²) in [6, 6.07) is 10.5. The molecule has 33 heavy (non-hydrogen) atoms. The summed E-state index contributed by atoms with van der Waals surface area (Å²) >= 11 is 0. The Morgan fingerprint density at radius 3 is 2.64 bits per heavy atom. The number of hydrogen-bond acceptors (Lipinski definition) is 5. The second kappa shape index (κ2) is 8.24. The van der Waals surface area contributed by atoms with Gasteiger partial charge in [0.15, 0.2) is 0 Å². The number of likely N-dealkylation sites (tertiary alicyclic amines) is 1. The van der Waals surface area contributed by atoms with Crippen LogP contribution in [0.15, 0.2) is 36.4 Å². The molecule has 0 aliphatic carbocycles. The lowest BCUT2D eigenvalue weighted by Gasteiger charge is -2.54. The summed E-state index contributed by atoms with van der Waals surface area (Å²) in [4.78, 5) is 28.7.